The molecule has 0 aliphatic heterocycles. The predicted octanol–water partition coefficient (Wildman–Crippen LogP) is 5.57. The van der Waals surface area contributed by atoms with Gasteiger partial charge in [0, 0.05) is 11.4 Å². The van der Waals surface area contributed by atoms with Crippen LogP contribution in [-0.4, -0.2) is 0 Å². The van der Waals surface area contributed by atoms with E-state index in [2.05, 4.69) is 17.2 Å². The molecule has 0 aliphatic rings. The Morgan fingerprint density at radius 3 is 2.35 bits per heavy atom. The van der Waals surface area contributed by atoms with E-state index in [1.807, 2.05) is 38.1 Å². The number of halogens is 3. The van der Waals surface area contributed by atoms with Gasteiger partial charge in [-0.05, 0) is 54.8 Å². The number of benzene rings is 2. The lowest BCUT2D eigenvalue weighted by atomic mass is 10.1. The summed E-state index contributed by atoms with van der Waals surface area (Å²) in [6.45, 7) is 7.60. The van der Waals surface area contributed by atoms with Crippen molar-refractivity contribution < 1.29 is 13.2 Å². The molecule has 2 aromatic rings. The highest BCUT2D eigenvalue weighted by Crippen LogP contribution is 2.32. The molecule has 0 fully saturated rings. The van der Waals surface area contributed by atoms with Gasteiger partial charge in [-0.3, -0.25) is 0 Å². The Morgan fingerprint density at radius 1 is 1.04 bits per heavy atom. The Hall–Kier alpha value is -2.43. The van der Waals surface area contributed by atoms with Crippen molar-refractivity contribution in [3.8, 4) is 0 Å². The Bertz CT molecular complexity index is 706. The molecule has 0 bridgehead atoms. The zero-order chi connectivity index (χ0) is 17.0. The molecule has 122 valence electrons. The molecular weight excluding hydrogens is 301 g/mol. The van der Waals surface area contributed by atoms with Gasteiger partial charge < -0.3 is 10.6 Å². The molecule has 0 saturated heterocycles. The van der Waals surface area contributed by atoms with Crippen molar-refractivity contribution in [1.29, 1.82) is 0 Å². The van der Waals surface area contributed by atoms with Gasteiger partial charge in [0.2, 0.25) is 0 Å². The molecule has 2 nitrogen and oxygen atoms in total. The van der Waals surface area contributed by atoms with Crippen LogP contribution in [0.2, 0.25) is 0 Å². The molecule has 0 amide bonds. The van der Waals surface area contributed by atoms with Crippen LogP contribution in [0.15, 0.2) is 54.9 Å². The van der Waals surface area contributed by atoms with Crippen LogP contribution in [0, 0.1) is 6.92 Å². The fourth-order valence-corrected chi connectivity index (χ4v) is 2.23. The van der Waals surface area contributed by atoms with E-state index >= 15 is 0 Å². The van der Waals surface area contributed by atoms with Crippen molar-refractivity contribution in [3.63, 3.8) is 0 Å². The highest BCUT2D eigenvalue weighted by atomic mass is 19.4. The van der Waals surface area contributed by atoms with Crippen molar-refractivity contribution in [1.82, 2.24) is 0 Å². The standard InChI is InChI=1S/C18H19F3N2/c1-4-14-9-15(18(19,20)21)11-17(10-14)23-13(3)22-16-7-5-6-12(2)8-16/h5-11,22-23H,3-4H2,1-2H3. The average Bonchev–Trinajstić information content (AvgIpc) is 2.45. The van der Waals surface area contributed by atoms with E-state index in [0.717, 1.165) is 17.3 Å². The summed E-state index contributed by atoms with van der Waals surface area (Å²) in [5.74, 6) is 0.414. The van der Waals surface area contributed by atoms with Crippen LogP contribution in [0.4, 0.5) is 24.5 Å². The number of hydrogen-bond donors (Lipinski definition) is 2. The van der Waals surface area contributed by atoms with Gasteiger partial charge in [0.1, 0.15) is 5.82 Å². The minimum absolute atomic E-state index is 0.363. The maximum atomic E-state index is 12.9. The molecule has 0 atom stereocenters. The van der Waals surface area contributed by atoms with E-state index in [1.165, 1.54) is 6.07 Å². The lowest BCUT2D eigenvalue weighted by Crippen LogP contribution is -2.11. The third kappa shape index (κ3) is 4.77. The quantitative estimate of drug-likeness (QED) is 0.752. The summed E-state index contributed by atoms with van der Waals surface area (Å²) in [5.41, 5.74) is 2.22. The zero-order valence-corrected chi connectivity index (χ0v) is 13.1. The van der Waals surface area contributed by atoms with E-state index in [0.29, 0.717) is 23.5 Å². The van der Waals surface area contributed by atoms with E-state index in [1.54, 1.807) is 6.07 Å². The molecule has 0 saturated carbocycles. The lowest BCUT2D eigenvalue weighted by molar-refractivity contribution is -0.137. The first-order valence-electron chi connectivity index (χ1n) is 7.28. The van der Waals surface area contributed by atoms with Crippen molar-refractivity contribution in [2.24, 2.45) is 0 Å². The van der Waals surface area contributed by atoms with Gasteiger partial charge in [-0.15, -0.1) is 0 Å². The van der Waals surface area contributed by atoms with Crippen molar-refractivity contribution in [3.05, 3.63) is 71.6 Å². The SMILES string of the molecule is C=C(Nc1cccc(C)c1)Nc1cc(CC)cc(C(F)(F)F)c1. The minimum atomic E-state index is -4.37. The second kappa shape index (κ2) is 6.77. The Morgan fingerprint density at radius 2 is 1.74 bits per heavy atom. The molecule has 0 radical (unpaired) electrons. The molecule has 2 N–H and O–H groups in total. The smallest absolute Gasteiger partial charge is 0.342 e. The average molecular weight is 320 g/mol. The van der Waals surface area contributed by atoms with Crippen LogP contribution in [0.1, 0.15) is 23.6 Å². The van der Waals surface area contributed by atoms with Gasteiger partial charge in [-0.25, -0.2) is 0 Å². The van der Waals surface area contributed by atoms with Crippen LogP contribution < -0.4 is 10.6 Å². The summed E-state index contributed by atoms with van der Waals surface area (Å²) in [7, 11) is 0. The molecular formula is C18H19F3N2. The second-order valence-electron chi connectivity index (χ2n) is 5.37. The van der Waals surface area contributed by atoms with E-state index in [-0.39, 0.29) is 0 Å². The highest BCUT2D eigenvalue weighted by molar-refractivity contribution is 5.58. The van der Waals surface area contributed by atoms with Gasteiger partial charge in [0.05, 0.1) is 5.56 Å². The first-order chi connectivity index (χ1) is 10.8. The fourth-order valence-electron chi connectivity index (χ4n) is 2.23. The topological polar surface area (TPSA) is 24.1 Å². The van der Waals surface area contributed by atoms with Gasteiger partial charge >= 0.3 is 6.18 Å². The second-order valence-corrected chi connectivity index (χ2v) is 5.37. The number of alkyl halides is 3. The largest absolute Gasteiger partial charge is 0.416 e. The first kappa shape index (κ1) is 16.9. The first-order valence-corrected chi connectivity index (χ1v) is 7.28. The molecule has 0 unspecified atom stereocenters. The van der Waals surface area contributed by atoms with Crippen molar-refractivity contribution in [2.75, 3.05) is 10.6 Å². The van der Waals surface area contributed by atoms with Crippen LogP contribution in [0.5, 0.6) is 0 Å². The van der Waals surface area contributed by atoms with E-state index in [9.17, 15) is 13.2 Å². The molecule has 0 spiro atoms. The molecule has 2 rings (SSSR count). The van der Waals surface area contributed by atoms with Crippen molar-refractivity contribution >= 4 is 11.4 Å². The van der Waals surface area contributed by atoms with E-state index < -0.39 is 11.7 Å². The minimum Gasteiger partial charge on any atom is -0.342 e. The summed E-state index contributed by atoms with van der Waals surface area (Å²) in [6, 6.07) is 11.6. The molecule has 5 heteroatoms. The Kier molecular flexibility index (Phi) is 4.98. The number of rotatable bonds is 5. The third-order valence-electron chi connectivity index (χ3n) is 3.34. The maximum absolute atomic E-state index is 12.9. The highest BCUT2D eigenvalue weighted by Gasteiger charge is 2.31. The number of hydrogen-bond acceptors (Lipinski definition) is 2. The molecule has 0 aromatic heterocycles. The fraction of sp³-hybridized carbons (Fsp3) is 0.222. The Labute approximate surface area is 134 Å². The van der Waals surface area contributed by atoms with Gasteiger partial charge in [0.25, 0.3) is 0 Å². The molecule has 0 aliphatic carbocycles. The summed E-state index contributed by atoms with van der Waals surface area (Å²) < 4.78 is 38.8. The monoisotopic (exact) mass is 320 g/mol. The molecule has 23 heavy (non-hydrogen) atoms. The summed E-state index contributed by atoms with van der Waals surface area (Å²) >= 11 is 0. The van der Waals surface area contributed by atoms with Gasteiger partial charge in [-0.2, -0.15) is 13.2 Å². The summed E-state index contributed by atoms with van der Waals surface area (Å²) in [6.07, 6.45) is -3.84. The van der Waals surface area contributed by atoms with Crippen LogP contribution >= 0.6 is 0 Å². The van der Waals surface area contributed by atoms with Crippen LogP contribution in [0.3, 0.4) is 0 Å². The zero-order valence-electron chi connectivity index (χ0n) is 13.1. The number of aryl methyl sites for hydroxylation is 2. The maximum Gasteiger partial charge on any atom is 0.416 e. The lowest BCUT2D eigenvalue weighted by Gasteiger charge is -2.16. The number of nitrogens with one attached hydrogen (secondary N) is 2. The third-order valence-corrected chi connectivity index (χ3v) is 3.34. The van der Waals surface area contributed by atoms with E-state index in [4.69, 9.17) is 0 Å². The van der Waals surface area contributed by atoms with Gasteiger partial charge in [0.15, 0.2) is 0 Å². The molecule has 2 aromatic carbocycles. The van der Waals surface area contributed by atoms with Gasteiger partial charge in [-0.1, -0.05) is 25.6 Å². The Balaban J connectivity index is 2.17. The van der Waals surface area contributed by atoms with Crippen LogP contribution in [0.25, 0.3) is 0 Å². The normalized spacial score (nSPS) is 11.2. The van der Waals surface area contributed by atoms with Crippen molar-refractivity contribution in [2.45, 2.75) is 26.4 Å². The summed E-state index contributed by atoms with van der Waals surface area (Å²) in [5, 5.41) is 5.93. The predicted molar refractivity (Wildman–Crippen MR) is 88.4 cm³/mol. The van der Waals surface area contributed by atoms with Crippen LogP contribution in [-0.2, 0) is 12.6 Å². The molecule has 0 heterocycles. The summed E-state index contributed by atoms with van der Waals surface area (Å²) in [4.78, 5) is 0. The number of anilines is 2.